The summed E-state index contributed by atoms with van der Waals surface area (Å²) in [5, 5.41) is 3.91. The number of amides is 1. The Kier molecular flexibility index (Phi) is 4.99. The first kappa shape index (κ1) is 21.0. The zero-order chi connectivity index (χ0) is 23.3. The van der Waals surface area contributed by atoms with E-state index in [-0.39, 0.29) is 17.4 Å². The minimum absolute atomic E-state index is 0.000421. The monoisotopic (exact) mass is 474 g/mol. The molecule has 1 aliphatic heterocycles. The van der Waals surface area contributed by atoms with Crippen LogP contribution in [-0.4, -0.2) is 49.9 Å². The molecule has 4 aromatic rings. The molecule has 1 saturated heterocycles. The van der Waals surface area contributed by atoms with Crippen molar-refractivity contribution in [2.24, 2.45) is 5.41 Å². The second-order valence-electron chi connectivity index (χ2n) is 9.22. The predicted molar refractivity (Wildman–Crippen MR) is 129 cm³/mol. The molecule has 1 saturated carbocycles. The molecule has 1 atom stereocenters. The minimum Gasteiger partial charge on any atom is -0.424 e. The van der Waals surface area contributed by atoms with Crippen LogP contribution in [0, 0.1) is 12.3 Å². The summed E-state index contributed by atoms with van der Waals surface area (Å²) in [5.74, 6) is 0.407. The molecule has 1 N–H and O–H groups in total. The number of anilines is 1. The molecule has 9 heteroatoms. The topological polar surface area (TPSA) is 97.0 Å². The Morgan fingerprint density at radius 2 is 2.03 bits per heavy atom. The van der Waals surface area contributed by atoms with Crippen molar-refractivity contribution in [2.75, 3.05) is 18.4 Å². The van der Waals surface area contributed by atoms with Crippen molar-refractivity contribution in [3.63, 3.8) is 0 Å². The largest absolute Gasteiger partial charge is 0.424 e. The van der Waals surface area contributed by atoms with Crippen molar-refractivity contribution in [3.8, 4) is 11.4 Å². The lowest BCUT2D eigenvalue weighted by molar-refractivity contribution is 0.0732. The summed E-state index contributed by atoms with van der Waals surface area (Å²) in [7, 11) is 0. The number of nitrogens with one attached hydrogen (secondary N) is 1. The number of likely N-dealkylation sites (tertiary alicyclic amines) is 1. The van der Waals surface area contributed by atoms with Crippen molar-refractivity contribution in [2.45, 2.75) is 32.2 Å². The van der Waals surface area contributed by atoms with Gasteiger partial charge < -0.3 is 14.6 Å². The van der Waals surface area contributed by atoms with Crippen LogP contribution in [0.3, 0.4) is 0 Å². The van der Waals surface area contributed by atoms with Gasteiger partial charge in [0.15, 0.2) is 11.4 Å². The number of aryl methyl sites for hydroxylation is 1. The summed E-state index contributed by atoms with van der Waals surface area (Å²) in [4.78, 5) is 33.6. The maximum absolute atomic E-state index is 13.8. The van der Waals surface area contributed by atoms with Gasteiger partial charge in [-0.15, -0.1) is 0 Å². The molecule has 8 nitrogen and oxygen atoms in total. The molecule has 1 amide bonds. The lowest BCUT2D eigenvalue weighted by Gasteiger charge is -2.25. The Morgan fingerprint density at radius 1 is 1.21 bits per heavy atom. The van der Waals surface area contributed by atoms with Gasteiger partial charge in [-0.1, -0.05) is 11.6 Å². The number of hydrogen-bond donors (Lipinski definition) is 1. The van der Waals surface area contributed by atoms with Crippen LogP contribution >= 0.6 is 11.6 Å². The molecule has 34 heavy (non-hydrogen) atoms. The first-order chi connectivity index (χ1) is 16.5. The molecule has 6 rings (SSSR count). The Morgan fingerprint density at radius 3 is 2.82 bits per heavy atom. The highest BCUT2D eigenvalue weighted by molar-refractivity contribution is 6.31. The number of halogens is 1. The standard InChI is InChI=1S/C25H23ClN6O2/c1-15-3-5-18(22-27-9-2-10-28-22)21(30-15)23(33)32-14-25(7-8-25)12-17(32)13-29-24-31-19-11-16(26)4-6-20(19)34-24/h2-6,9-11,17H,7-8,12-14H2,1H3,(H,29,31). The average Bonchev–Trinajstić information content (AvgIpc) is 3.31. The lowest BCUT2D eigenvalue weighted by Crippen LogP contribution is -2.40. The fourth-order valence-electron chi connectivity index (χ4n) is 4.78. The number of pyridine rings is 1. The Labute approximate surface area is 201 Å². The van der Waals surface area contributed by atoms with Gasteiger partial charge in [-0.05, 0) is 68.0 Å². The highest BCUT2D eigenvalue weighted by Gasteiger charge is 2.53. The van der Waals surface area contributed by atoms with Crippen LogP contribution in [0.2, 0.25) is 5.02 Å². The van der Waals surface area contributed by atoms with Crippen LogP contribution in [0.4, 0.5) is 6.01 Å². The summed E-state index contributed by atoms with van der Waals surface area (Å²) in [5.41, 5.74) is 3.40. The molecular weight excluding hydrogens is 452 g/mol. The first-order valence-corrected chi connectivity index (χ1v) is 11.7. The molecule has 1 aliphatic carbocycles. The summed E-state index contributed by atoms with van der Waals surface area (Å²) in [6.07, 6.45) is 6.58. The number of carbonyl (C=O) groups is 1. The van der Waals surface area contributed by atoms with Crippen LogP contribution in [0.5, 0.6) is 0 Å². The van der Waals surface area contributed by atoms with Gasteiger partial charge in [0.2, 0.25) is 0 Å². The maximum atomic E-state index is 13.8. The van der Waals surface area contributed by atoms with Crippen molar-refractivity contribution >= 4 is 34.6 Å². The smallest absolute Gasteiger partial charge is 0.295 e. The van der Waals surface area contributed by atoms with E-state index in [1.54, 1.807) is 36.7 Å². The van der Waals surface area contributed by atoms with Crippen molar-refractivity contribution < 1.29 is 9.21 Å². The second-order valence-corrected chi connectivity index (χ2v) is 9.66. The number of aromatic nitrogens is 4. The van der Waals surface area contributed by atoms with E-state index in [4.69, 9.17) is 16.0 Å². The van der Waals surface area contributed by atoms with E-state index in [1.165, 1.54) is 0 Å². The summed E-state index contributed by atoms with van der Waals surface area (Å²) in [6, 6.07) is 11.3. The third kappa shape index (κ3) is 3.88. The van der Waals surface area contributed by atoms with Gasteiger partial charge >= 0.3 is 0 Å². The van der Waals surface area contributed by atoms with Crippen molar-refractivity contribution in [3.05, 3.63) is 65.2 Å². The number of carbonyl (C=O) groups excluding carboxylic acids is 1. The van der Waals surface area contributed by atoms with E-state index in [0.717, 1.165) is 31.5 Å². The van der Waals surface area contributed by atoms with E-state index in [0.29, 0.717) is 45.8 Å². The third-order valence-corrected chi connectivity index (χ3v) is 6.95. The zero-order valence-electron chi connectivity index (χ0n) is 18.7. The highest BCUT2D eigenvalue weighted by atomic mass is 35.5. The van der Waals surface area contributed by atoms with E-state index >= 15 is 0 Å². The summed E-state index contributed by atoms with van der Waals surface area (Å²) >= 11 is 6.07. The molecule has 1 unspecified atom stereocenters. The molecule has 3 aromatic heterocycles. The number of nitrogens with zero attached hydrogens (tertiary/aromatic N) is 5. The fraction of sp³-hybridized carbons (Fsp3) is 0.320. The number of rotatable bonds is 5. The fourth-order valence-corrected chi connectivity index (χ4v) is 4.95. The molecule has 0 bridgehead atoms. The normalized spacial score (nSPS) is 18.5. The van der Waals surface area contributed by atoms with Gasteiger partial charge in [-0.2, -0.15) is 4.98 Å². The molecule has 2 aliphatic rings. The van der Waals surface area contributed by atoms with E-state index in [9.17, 15) is 4.79 Å². The number of hydrogen-bond acceptors (Lipinski definition) is 7. The van der Waals surface area contributed by atoms with Crippen molar-refractivity contribution in [1.29, 1.82) is 0 Å². The first-order valence-electron chi connectivity index (χ1n) is 11.4. The van der Waals surface area contributed by atoms with Crippen LogP contribution in [-0.2, 0) is 0 Å². The summed E-state index contributed by atoms with van der Waals surface area (Å²) < 4.78 is 5.81. The van der Waals surface area contributed by atoms with Crippen LogP contribution in [0.15, 0.2) is 53.2 Å². The van der Waals surface area contributed by atoms with Gasteiger partial charge in [-0.25, -0.2) is 15.0 Å². The third-order valence-electron chi connectivity index (χ3n) is 6.72. The SMILES string of the molecule is Cc1ccc(-c2ncccn2)c(C(=O)N2CC3(CC3)CC2CNc2nc3cc(Cl)ccc3o2)n1. The van der Waals surface area contributed by atoms with Gasteiger partial charge in [0.1, 0.15) is 11.2 Å². The number of fused-ring (bicyclic) bond motifs is 1. The molecule has 172 valence electrons. The Bertz CT molecular complexity index is 1380. The minimum atomic E-state index is -0.0916. The van der Waals surface area contributed by atoms with E-state index < -0.39 is 0 Å². The van der Waals surface area contributed by atoms with Gasteiger partial charge in [0, 0.05) is 36.2 Å². The van der Waals surface area contributed by atoms with Gasteiger partial charge in [0.05, 0.1) is 11.6 Å². The second kappa shape index (κ2) is 8.06. The zero-order valence-corrected chi connectivity index (χ0v) is 19.4. The van der Waals surface area contributed by atoms with Gasteiger partial charge in [0.25, 0.3) is 11.9 Å². The summed E-state index contributed by atoms with van der Waals surface area (Å²) in [6.45, 7) is 3.15. The molecule has 2 fully saturated rings. The van der Waals surface area contributed by atoms with Crippen LogP contribution in [0.25, 0.3) is 22.5 Å². The van der Waals surface area contributed by atoms with Crippen LogP contribution in [0.1, 0.15) is 35.4 Å². The number of oxazole rings is 1. The average molecular weight is 475 g/mol. The predicted octanol–water partition coefficient (Wildman–Crippen LogP) is 4.75. The molecule has 1 aromatic carbocycles. The van der Waals surface area contributed by atoms with Crippen molar-refractivity contribution in [1.82, 2.24) is 24.8 Å². The molecule has 0 radical (unpaired) electrons. The molecule has 4 heterocycles. The Hall–Kier alpha value is -3.52. The number of benzene rings is 1. The maximum Gasteiger partial charge on any atom is 0.295 e. The molecular formula is C25H23ClN6O2. The lowest BCUT2D eigenvalue weighted by atomic mass is 10.0. The van der Waals surface area contributed by atoms with Gasteiger partial charge in [-0.3, -0.25) is 4.79 Å². The Balaban J connectivity index is 1.27. The quantitative estimate of drug-likeness (QED) is 0.445. The van der Waals surface area contributed by atoms with E-state index in [2.05, 4.69) is 25.3 Å². The highest BCUT2D eigenvalue weighted by Crippen LogP contribution is 2.55. The molecule has 1 spiro atoms. The van der Waals surface area contributed by atoms with Crippen LogP contribution < -0.4 is 5.32 Å². The van der Waals surface area contributed by atoms with E-state index in [1.807, 2.05) is 24.0 Å².